The van der Waals surface area contributed by atoms with Crippen molar-refractivity contribution in [2.24, 2.45) is 11.8 Å². The summed E-state index contributed by atoms with van der Waals surface area (Å²) in [5.41, 5.74) is 0.761. The third-order valence-electron chi connectivity index (χ3n) is 5.11. The maximum Gasteiger partial charge on any atom is 0.310 e. The molecule has 0 bridgehead atoms. The predicted molar refractivity (Wildman–Crippen MR) is 99.7 cm³/mol. The molecule has 1 aliphatic rings. The van der Waals surface area contributed by atoms with Crippen LogP contribution in [0.1, 0.15) is 45.1 Å². The van der Waals surface area contributed by atoms with Crippen LogP contribution in [0.4, 0.5) is 4.39 Å². The number of nitrogens with zero attached hydrogens (tertiary/aromatic N) is 1. The van der Waals surface area contributed by atoms with Crippen LogP contribution in [-0.4, -0.2) is 36.5 Å². The number of carbonyl (C=O) groups is 2. The highest BCUT2D eigenvalue weighted by Crippen LogP contribution is 2.29. The fourth-order valence-corrected chi connectivity index (χ4v) is 3.56. The molecule has 1 amide bonds. The molecule has 0 radical (unpaired) electrons. The summed E-state index contributed by atoms with van der Waals surface area (Å²) in [7, 11) is 1.36. The van der Waals surface area contributed by atoms with Gasteiger partial charge in [0.2, 0.25) is 5.91 Å². The standard InChI is InChI=1S/C21H28FNO3/c1-15-6-4-5-7-19(15)23(14-16(2)21(25)26-3)20(24)13-10-17-8-11-18(22)12-9-17/h8-13,15-16,19H,4-7,14H2,1-3H3/b13-10+. The second-order valence-electron chi connectivity index (χ2n) is 7.13. The number of benzene rings is 1. The molecular weight excluding hydrogens is 333 g/mol. The van der Waals surface area contributed by atoms with Gasteiger partial charge in [0, 0.05) is 18.7 Å². The number of hydrogen-bond acceptors (Lipinski definition) is 3. The summed E-state index contributed by atoms with van der Waals surface area (Å²) in [5, 5.41) is 0. The van der Waals surface area contributed by atoms with E-state index in [1.165, 1.54) is 31.7 Å². The molecule has 0 N–H and O–H groups in total. The van der Waals surface area contributed by atoms with Gasteiger partial charge in [-0.25, -0.2) is 4.39 Å². The number of hydrogen-bond donors (Lipinski definition) is 0. The first-order chi connectivity index (χ1) is 12.4. The molecule has 0 aromatic heterocycles. The number of methoxy groups -OCH3 is 1. The Morgan fingerprint density at radius 3 is 2.54 bits per heavy atom. The Labute approximate surface area is 155 Å². The minimum absolute atomic E-state index is 0.121. The van der Waals surface area contributed by atoms with Gasteiger partial charge in [0.05, 0.1) is 13.0 Å². The molecule has 26 heavy (non-hydrogen) atoms. The van der Waals surface area contributed by atoms with Crippen molar-refractivity contribution < 1.29 is 18.7 Å². The molecule has 1 aliphatic carbocycles. The molecule has 0 spiro atoms. The zero-order chi connectivity index (χ0) is 19.1. The average molecular weight is 361 g/mol. The van der Waals surface area contributed by atoms with E-state index in [1.807, 2.05) is 4.90 Å². The van der Waals surface area contributed by atoms with Gasteiger partial charge in [0.25, 0.3) is 0 Å². The van der Waals surface area contributed by atoms with E-state index in [-0.39, 0.29) is 29.7 Å². The minimum Gasteiger partial charge on any atom is -0.469 e. The van der Waals surface area contributed by atoms with Crippen molar-refractivity contribution in [2.45, 2.75) is 45.6 Å². The lowest BCUT2D eigenvalue weighted by Crippen LogP contribution is -2.47. The molecule has 0 heterocycles. The van der Waals surface area contributed by atoms with E-state index in [1.54, 1.807) is 25.1 Å². The van der Waals surface area contributed by atoms with Crippen molar-refractivity contribution in [3.63, 3.8) is 0 Å². The molecule has 3 unspecified atom stereocenters. The SMILES string of the molecule is COC(=O)C(C)CN(C(=O)/C=C/c1ccc(F)cc1)C1CCCCC1C. The largest absolute Gasteiger partial charge is 0.469 e. The molecule has 0 saturated heterocycles. The Bertz CT molecular complexity index is 641. The van der Waals surface area contributed by atoms with E-state index in [4.69, 9.17) is 4.74 Å². The average Bonchev–Trinajstić information content (AvgIpc) is 2.65. The van der Waals surface area contributed by atoms with Gasteiger partial charge in [-0.15, -0.1) is 0 Å². The first-order valence-corrected chi connectivity index (χ1v) is 9.24. The van der Waals surface area contributed by atoms with Crippen LogP contribution >= 0.6 is 0 Å². The quantitative estimate of drug-likeness (QED) is 0.567. The van der Waals surface area contributed by atoms with Gasteiger partial charge in [0.1, 0.15) is 5.82 Å². The molecule has 0 aliphatic heterocycles. The van der Waals surface area contributed by atoms with E-state index in [0.29, 0.717) is 12.5 Å². The number of rotatable bonds is 6. The summed E-state index contributed by atoms with van der Waals surface area (Å²) in [6, 6.07) is 6.11. The summed E-state index contributed by atoms with van der Waals surface area (Å²) in [5.74, 6) is -0.718. The second kappa shape index (κ2) is 9.51. The van der Waals surface area contributed by atoms with Gasteiger partial charge in [-0.05, 0) is 42.5 Å². The number of halogens is 1. The molecule has 2 rings (SSSR count). The highest BCUT2D eigenvalue weighted by atomic mass is 19.1. The molecule has 1 saturated carbocycles. The zero-order valence-electron chi connectivity index (χ0n) is 15.8. The Morgan fingerprint density at radius 2 is 1.92 bits per heavy atom. The van der Waals surface area contributed by atoms with Crippen molar-refractivity contribution in [3.05, 3.63) is 41.7 Å². The van der Waals surface area contributed by atoms with Crippen LogP contribution in [0, 0.1) is 17.7 Å². The van der Waals surface area contributed by atoms with Crippen molar-refractivity contribution in [1.29, 1.82) is 0 Å². The predicted octanol–water partition coefficient (Wildman–Crippen LogP) is 4.06. The lowest BCUT2D eigenvalue weighted by molar-refractivity contribution is -0.146. The summed E-state index contributed by atoms with van der Waals surface area (Å²) in [6.45, 7) is 4.29. The van der Waals surface area contributed by atoms with Gasteiger partial charge in [-0.2, -0.15) is 0 Å². The number of carbonyl (C=O) groups excluding carboxylic acids is 2. The maximum atomic E-state index is 13.0. The molecule has 1 aromatic rings. The first-order valence-electron chi connectivity index (χ1n) is 9.24. The van der Waals surface area contributed by atoms with Gasteiger partial charge >= 0.3 is 5.97 Å². The normalized spacial score (nSPS) is 21.4. The van der Waals surface area contributed by atoms with Gasteiger partial charge in [-0.3, -0.25) is 9.59 Å². The van der Waals surface area contributed by atoms with E-state index < -0.39 is 0 Å². The molecule has 3 atom stereocenters. The van der Waals surface area contributed by atoms with Crippen LogP contribution in [0.5, 0.6) is 0 Å². The minimum atomic E-state index is -0.378. The fourth-order valence-electron chi connectivity index (χ4n) is 3.56. The highest BCUT2D eigenvalue weighted by Gasteiger charge is 2.31. The van der Waals surface area contributed by atoms with Gasteiger partial charge in [-0.1, -0.05) is 38.8 Å². The van der Waals surface area contributed by atoms with Crippen molar-refractivity contribution in [1.82, 2.24) is 4.90 Å². The topological polar surface area (TPSA) is 46.6 Å². The fraction of sp³-hybridized carbons (Fsp3) is 0.524. The van der Waals surface area contributed by atoms with E-state index in [9.17, 15) is 14.0 Å². The Kier molecular flexibility index (Phi) is 7.37. The second-order valence-corrected chi connectivity index (χ2v) is 7.13. The maximum absolute atomic E-state index is 13.0. The van der Waals surface area contributed by atoms with Gasteiger partial charge in [0.15, 0.2) is 0 Å². The van der Waals surface area contributed by atoms with E-state index in [0.717, 1.165) is 24.8 Å². The Balaban J connectivity index is 2.16. The molecule has 142 valence electrons. The van der Waals surface area contributed by atoms with Crippen LogP contribution in [0.2, 0.25) is 0 Å². The Hall–Kier alpha value is -2.17. The third kappa shape index (κ3) is 5.41. The monoisotopic (exact) mass is 361 g/mol. The Morgan fingerprint density at radius 1 is 1.27 bits per heavy atom. The van der Waals surface area contributed by atoms with Crippen LogP contribution in [0.3, 0.4) is 0 Å². The number of ether oxygens (including phenoxy) is 1. The molecule has 1 fully saturated rings. The number of esters is 1. The first kappa shape index (κ1) is 20.1. The smallest absolute Gasteiger partial charge is 0.310 e. The van der Waals surface area contributed by atoms with Crippen LogP contribution < -0.4 is 0 Å². The van der Waals surface area contributed by atoms with Crippen LogP contribution in [0.25, 0.3) is 6.08 Å². The summed E-state index contributed by atoms with van der Waals surface area (Å²) in [4.78, 5) is 26.5. The molecule has 4 nitrogen and oxygen atoms in total. The summed E-state index contributed by atoms with van der Waals surface area (Å²) < 4.78 is 17.8. The molecule has 1 aromatic carbocycles. The van der Waals surface area contributed by atoms with E-state index >= 15 is 0 Å². The summed E-state index contributed by atoms with van der Waals surface area (Å²) >= 11 is 0. The molecule has 5 heteroatoms. The van der Waals surface area contributed by atoms with Crippen molar-refractivity contribution in [3.8, 4) is 0 Å². The van der Waals surface area contributed by atoms with Crippen LogP contribution in [0.15, 0.2) is 30.3 Å². The highest BCUT2D eigenvalue weighted by molar-refractivity contribution is 5.92. The lowest BCUT2D eigenvalue weighted by atomic mass is 9.84. The van der Waals surface area contributed by atoms with Gasteiger partial charge < -0.3 is 9.64 Å². The number of amides is 1. The lowest BCUT2D eigenvalue weighted by Gasteiger charge is -2.39. The van der Waals surface area contributed by atoms with Crippen LogP contribution in [-0.2, 0) is 14.3 Å². The van der Waals surface area contributed by atoms with Crippen molar-refractivity contribution in [2.75, 3.05) is 13.7 Å². The molecular formula is C21H28FNO3. The van der Waals surface area contributed by atoms with Crippen molar-refractivity contribution >= 4 is 18.0 Å². The van der Waals surface area contributed by atoms with E-state index in [2.05, 4.69) is 6.92 Å². The summed E-state index contributed by atoms with van der Waals surface area (Å²) in [6.07, 6.45) is 7.50. The zero-order valence-corrected chi connectivity index (χ0v) is 15.8. The third-order valence-corrected chi connectivity index (χ3v) is 5.11.